The van der Waals surface area contributed by atoms with E-state index in [-0.39, 0.29) is 31.6 Å². The fraction of sp³-hybridized carbons (Fsp3) is 0.648. The van der Waals surface area contributed by atoms with Crippen molar-refractivity contribution in [1.29, 1.82) is 0 Å². The molecule has 0 aromatic carbocycles. The maximum Gasteiger partial charge on any atom is 0.310 e. The van der Waals surface area contributed by atoms with Crippen LogP contribution < -0.4 is 0 Å². The lowest BCUT2D eigenvalue weighted by Gasteiger charge is -2.18. The molecule has 0 spiro atoms. The zero-order valence-corrected chi connectivity index (χ0v) is 49.9. The number of ether oxygens (including phenoxy) is 3. The summed E-state index contributed by atoms with van der Waals surface area (Å²) in [6.45, 7) is 6.32. The zero-order valence-electron chi connectivity index (χ0n) is 49.9. The van der Waals surface area contributed by atoms with Crippen molar-refractivity contribution in [1.82, 2.24) is 0 Å². The van der Waals surface area contributed by atoms with E-state index in [1.165, 1.54) is 128 Å². The highest BCUT2D eigenvalue weighted by Crippen LogP contribution is 2.16. The molecule has 0 amide bonds. The number of rotatable bonds is 56. The molecule has 0 saturated carbocycles. The Morgan fingerprint density at radius 3 is 0.857 bits per heavy atom. The average molecular weight is 1070 g/mol. The highest BCUT2D eigenvalue weighted by molar-refractivity contribution is 5.72. The van der Waals surface area contributed by atoms with Gasteiger partial charge in [0.25, 0.3) is 0 Å². The first kappa shape index (κ1) is 72.5. The van der Waals surface area contributed by atoms with E-state index in [1.54, 1.807) is 6.08 Å². The molecule has 0 N–H and O–H groups in total. The van der Waals surface area contributed by atoms with Gasteiger partial charge in [0.1, 0.15) is 13.2 Å². The fourth-order valence-electron chi connectivity index (χ4n) is 8.52. The Morgan fingerprint density at radius 1 is 0.286 bits per heavy atom. The molecule has 1 unspecified atom stereocenters. The van der Waals surface area contributed by atoms with Crippen LogP contribution in [0, 0.1) is 0 Å². The van der Waals surface area contributed by atoms with E-state index in [0.717, 1.165) is 109 Å². The molecule has 6 nitrogen and oxygen atoms in total. The first-order valence-corrected chi connectivity index (χ1v) is 31.7. The molecule has 0 aliphatic carbocycles. The van der Waals surface area contributed by atoms with Crippen LogP contribution in [0.4, 0.5) is 0 Å². The van der Waals surface area contributed by atoms with Gasteiger partial charge in [0.05, 0.1) is 6.42 Å². The van der Waals surface area contributed by atoms with Gasteiger partial charge in [-0.1, -0.05) is 296 Å². The standard InChI is InChI=1S/C71H116O6/c1-4-7-10-13-16-19-22-24-26-27-28-29-30-31-32-33-34-35-36-37-38-39-40-41-42-43-45-46-49-52-55-58-61-64-70(73)76-67-68(66-75-69(72)63-60-57-54-51-48-21-18-15-12-9-6-3)77-71(74)65-62-59-56-53-50-47-44-25-23-20-17-14-11-8-5-2/h7-8,10-11,16-17,19-20,24-26,28-29,31-32,34-35,44,50,53,59,62,68H,4-6,9,12-15,18,21-23,27,30,33,36-43,45-49,51-52,54-58,60-61,63-67H2,1-3H3/b10-7-,11-8-,19-16-,20-17-,26-24-,29-28-,32-31-,35-34-,44-25-,53-50-,62-59-. The predicted octanol–water partition coefficient (Wildman–Crippen LogP) is 21.8. The van der Waals surface area contributed by atoms with Crippen molar-refractivity contribution in [3.63, 3.8) is 0 Å². The third kappa shape index (κ3) is 62.3. The van der Waals surface area contributed by atoms with Crippen LogP contribution in [0.5, 0.6) is 0 Å². The molecule has 6 heteroatoms. The number of unbranched alkanes of at least 4 members (excludes halogenated alkanes) is 24. The molecule has 0 aromatic heterocycles. The Hall–Kier alpha value is -4.45. The van der Waals surface area contributed by atoms with Gasteiger partial charge in [0.2, 0.25) is 0 Å². The van der Waals surface area contributed by atoms with Crippen molar-refractivity contribution in [3.05, 3.63) is 134 Å². The molecule has 0 fully saturated rings. The number of carbonyl (C=O) groups is 3. The summed E-state index contributed by atoms with van der Waals surface area (Å²) in [4.78, 5) is 38.1. The molecule has 0 rings (SSSR count). The fourth-order valence-corrected chi connectivity index (χ4v) is 8.52. The van der Waals surface area contributed by atoms with Crippen molar-refractivity contribution in [2.24, 2.45) is 0 Å². The SMILES string of the molecule is CC/C=C\C/C=C\C/C=C\C/C=C\C/C=C\C/C=C\CCCCCCCCCCCCCCCCC(=O)OCC(COC(=O)CCCCCCCCCCCCC)OC(=O)C/C=C\C/C=C\C/C=C\C/C=C\C/C=C\CC. The Bertz CT molecular complexity index is 1650. The quantitative estimate of drug-likeness (QED) is 0.0261. The molecule has 436 valence electrons. The summed E-state index contributed by atoms with van der Waals surface area (Å²) >= 11 is 0. The second-order valence-corrected chi connectivity index (χ2v) is 20.6. The molecule has 0 aromatic rings. The largest absolute Gasteiger partial charge is 0.462 e. The Balaban J connectivity index is 4.22. The summed E-state index contributed by atoms with van der Waals surface area (Å²) < 4.78 is 16.8. The first-order chi connectivity index (χ1) is 38.0. The van der Waals surface area contributed by atoms with E-state index < -0.39 is 12.1 Å². The van der Waals surface area contributed by atoms with Crippen LogP contribution in [-0.2, 0) is 28.6 Å². The van der Waals surface area contributed by atoms with Crippen LogP contribution in [0.2, 0.25) is 0 Å². The van der Waals surface area contributed by atoms with Gasteiger partial charge >= 0.3 is 17.9 Å². The minimum Gasteiger partial charge on any atom is -0.462 e. The van der Waals surface area contributed by atoms with Crippen molar-refractivity contribution < 1.29 is 28.6 Å². The summed E-state index contributed by atoms with van der Waals surface area (Å²) in [6.07, 6.45) is 90.7. The predicted molar refractivity (Wildman–Crippen MR) is 334 cm³/mol. The molecule has 0 aliphatic heterocycles. The summed E-state index contributed by atoms with van der Waals surface area (Å²) in [5.74, 6) is -1.05. The zero-order chi connectivity index (χ0) is 55.7. The molecule has 1 atom stereocenters. The molecule has 0 heterocycles. The van der Waals surface area contributed by atoms with Gasteiger partial charge in [-0.25, -0.2) is 0 Å². The van der Waals surface area contributed by atoms with Crippen LogP contribution in [0.25, 0.3) is 0 Å². The molecular weight excluding hydrogens is 949 g/mol. The maximum atomic E-state index is 12.8. The molecule has 0 aliphatic rings. The van der Waals surface area contributed by atoms with Crippen molar-refractivity contribution >= 4 is 17.9 Å². The van der Waals surface area contributed by atoms with Gasteiger partial charge < -0.3 is 14.2 Å². The summed E-state index contributed by atoms with van der Waals surface area (Å²) in [5.41, 5.74) is 0. The molecular formula is C71H116O6. The lowest BCUT2D eigenvalue weighted by molar-refractivity contribution is -0.166. The second kappa shape index (κ2) is 64.1. The van der Waals surface area contributed by atoms with Crippen molar-refractivity contribution in [2.75, 3.05) is 13.2 Å². The van der Waals surface area contributed by atoms with E-state index in [4.69, 9.17) is 14.2 Å². The topological polar surface area (TPSA) is 78.9 Å². The lowest BCUT2D eigenvalue weighted by Crippen LogP contribution is -2.30. The molecule has 77 heavy (non-hydrogen) atoms. The van der Waals surface area contributed by atoms with Crippen LogP contribution >= 0.6 is 0 Å². The highest BCUT2D eigenvalue weighted by Gasteiger charge is 2.19. The Morgan fingerprint density at radius 2 is 0.545 bits per heavy atom. The van der Waals surface area contributed by atoms with Gasteiger partial charge in [0, 0.05) is 12.8 Å². The van der Waals surface area contributed by atoms with Gasteiger partial charge in [0.15, 0.2) is 6.10 Å². The minimum atomic E-state index is -0.833. The number of hydrogen-bond acceptors (Lipinski definition) is 6. The maximum absolute atomic E-state index is 12.8. The third-order valence-electron chi connectivity index (χ3n) is 13.2. The van der Waals surface area contributed by atoms with Crippen LogP contribution in [0.1, 0.15) is 278 Å². The van der Waals surface area contributed by atoms with E-state index in [9.17, 15) is 14.4 Å². The minimum absolute atomic E-state index is 0.0952. The van der Waals surface area contributed by atoms with Crippen LogP contribution in [0.15, 0.2) is 134 Å². The summed E-state index contributed by atoms with van der Waals surface area (Å²) in [5, 5.41) is 0. The van der Waals surface area contributed by atoms with Gasteiger partial charge in [-0.05, 0) is 96.3 Å². The van der Waals surface area contributed by atoms with E-state index in [0.29, 0.717) is 12.8 Å². The lowest BCUT2D eigenvalue weighted by atomic mass is 10.0. The number of carbonyl (C=O) groups excluding carboxylic acids is 3. The number of allylic oxidation sites excluding steroid dienone is 21. The Kier molecular flexibility index (Phi) is 60.4. The monoisotopic (exact) mass is 1060 g/mol. The van der Waals surface area contributed by atoms with Crippen molar-refractivity contribution in [3.8, 4) is 0 Å². The van der Waals surface area contributed by atoms with Gasteiger partial charge in [-0.2, -0.15) is 0 Å². The Labute approximate surface area is 475 Å². The average Bonchev–Trinajstić information content (AvgIpc) is 3.43. The summed E-state index contributed by atoms with van der Waals surface area (Å²) in [6, 6.07) is 0. The van der Waals surface area contributed by atoms with Gasteiger partial charge in [-0.15, -0.1) is 0 Å². The van der Waals surface area contributed by atoms with E-state index >= 15 is 0 Å². The normalized spacial score (nSPS) is 13.0. The number of hydrogen-bond donors (Lipinski definition) is 0. The van der Waals surface area contributed by atoms with E-state index in [1.807, 2.05) is 6.08 Å². The highest BCUT2D eigenvalue weighted by atomic mass is 16.6. The van der Waals surface area contributed by atoms with Crippen molar-refractivity contribution in [2.45, 2.75) is 284 Å². The summed E-state index contributed by atoms with van der Waals surface area (Å²) in [7, 11) is 0. The third-order valence-corrected chi connectivity index (χ3v) is 13.2. The molecule has 0 saturated heterocycles. The van der Waals surface area contributed by atoms with Crippen LogP contribution in [-0.4, -0.2) is 37.2 Å². The van der Waals surface area contributed by atoms with Crippen LogP contribution in [0.3, 0.4) is 0 Å². The van der Waals surface area contributed by atoms with Gasteiger partial charge in [-0.3, -0.25) is 14.4 Å². The number of esters is 3. The van der Waals surface area contributed by atoms with E-state index in [2.05, 4.69) is 142 Å². The smallest absolute Gasteiger partial charge is 0.310 e. The first-order valence-electron chi connectivity index (χ1n) is 31.7. The second-order valence-electron chi connectivity index (χ2n) is 20.6. The molecule has 0 radical (unpaired) electrons. The molecule has 0 bridgehead atoms.